The third kappa shape index (κ3) is 3.39. The second-order valence-electron chi connectivity index (χ2n) is 6.88. The average molecular weight is 409 g/mol. The molecule has 142 valence electrons. The zero-order chi connectivity index (χ0) is 19.7. The molecule has 0 bridgehead atoms. The molecule has 0 spiro atoms. The Morgan fingerprint density at radius 1 is 1.00 bits per heavy atom. The van der Waals surface area contributed by atoms with Crippen LogP contribution in [-0.2, 0) is 0 Å². The average Bonchev–Trinajstić information content (AvgIpc) is 3.04. The second kappa shape index (κ2) is 7.69. The van der Waals surface area contributed by atoms with Crippen molar-refractivity contribution < 1.29 is 0 Å². The highest BCUT2D eigenvalue weighted by Crippen LogP contribution is 2.25. The van der Waals surface area contributed by atoms with Crippen molar-refractivity contribution in [2.24, 2.45) is 5.92 Å². The number of hydrogen-bond acceptors (Lipinski definition) is 5. The molecule has 0 aliphatic heterocycles. The highest BCUT2D eigenvalue weighted by molar-refractivity contribution is 7.73. The van der Waals surface area contributed by atoms with E-state index in [-0.39, 0.29) is 5.56 Å². The first kappa shape index (κ1) is 18.6. The topological polar surface area (TPSA) is 51.9 Å². The molecular formula is C21H20N4OS2. The van der Waals surface area contributed by atoms with Crippen LogP contribution in [-0.4, -0.2) is 20.7 Å². The fourth-order valence-electron chi connectivity index (χ4n) is 2.99. The third-order valence-corrected chi connectivity index (χ3v) is 5.66. The van der Waals surface area contributed by atoms with Crippen LogP contribution >= 0.6 is 23.6 Å². The third-order valence-electron chi connectivity index (χ3n) is 4.30. The summed E-state index contributed by atoms with van der Waals surface area (Å²) >= 11 is 6.87. The van der Waals surface area contributed by atoms with Gasteiger partial charge in [0.1, 0.15) is 4.70 Å². The van der Waals surface area contributed by atoms with Gasteiger partial charge in [0.2, 0.25) is 5.95 Å². The van der Waals surface area contributed by atoms with Gasteiger partial charge in [-0.2, -0.15) is 4.98 Å². The molecule has 0 unspecified atom stereocenters. The van der Waals surface area contributed by atoms with E-state index < -0.39 is 0 Å². The fraction of sp³-hybridized carbons (Fsp3) is 0.190. The number of rotatable bonds is 5. The van der Waals surface area contributed by atoms with Crippen molar-refractivity contribution in [3.63, 3.8) is 0 Å². The predicted octanol–water partition coefficient (Wildman–Crippen LogP) is 5.04. The Labute approximate surface area is 171 Å². The van der Waals surface area contributed by atoms with Crippen molar-refractivity contribution in [2.45, 2.75) is 13.8 Å². The van der Waals surface area contributed by atoms with E-state index in [2.05, 4.69) is 19.2 Å². The van der Waals surface area contributed by atoms with Gasteiger partial charge in [0.25, 0.3) is 5.56 Å². The Kier molecular flexibility index (Phi) is 5.11. The highest BCUT2D eigenvalue weighted by Gasteiger charge is 2.18. The molecule has 0 saturated carbocycles. The summed E-state index contributed by atoms with van der Waals surface area (Å²) in [7, 11) is 0. The number of fused-ring (bicyclic) bond motifs is 1. The number of hydrogen-bond donors (Lipinski definition) is 1. The van der Waals surface area contributed by atoms with Crippen molar-refractivity contribution in [2.75, 3.05) is 11.9 Å². The van der Waals surface area contributed by atoms with Gasteiger partial charge in [-0.15, -0.1) is 0 Å². The first-order valence-corrected chi connectivity index (χ1v) is 10.3. The van der Waals surface area contributed by atoms with Gasteiger partial charge in [-0.05, 0) is 42.4 Å². The predicted molar refractivity (Wildman–Crippen MR) is 119 cm³/mol. The van der Waals surface area contributed by atoms with Crippen LogP contribution in [0.3, 0.4) is 0 Å². The summed E-state index contributed by atoms with van der Waals surface area (Å²) in [4.78, 5) is 18.3. The van der Waals surface area contributed by atoms with Crippen molar-refractivity contribution >= 4 is 39.9 Å². The molecule has 5 nitrogen and oxygen atoms in total. The zero-order valence-electron chi connectivity index (χ0n) is 15.6. The molecule has 0 fully saturated rings. The smallest absolute Gasteiger partial charge is 0.279 e. The molecule has 0 aliphatic rings. The minimum atomic E-state index is -0.117. The Morgan fingerprint density at radius 3 is 2.14 bits per heavy atom. The minimum absolute atomic E-state index is 0.117. The monoisotopic (exact) mass is 408 g/mol. The van der Waals surface area contributed by atoms with E-state index in [1.807, 2.05) is 65.2 Å². The van der Waals surface area contributed by atoms with Crippen molar-refractivity contribution in [3.8, 4) is 11.4 Å². The molecule has 28 heavy (non-hydrogen) atoms. The van der Waals surface area contributed by atoms with Gasteiger partial charge in [0, 0.05) is 12.2 Å². The van der Waals surface area contributed by atoms with Gasteiger partial charge in [0.15, 0.2) is 9.60 Å². The van der Waals surface area contributed by atoms with Crippen LogP contribution in [0.4, 0.5) is 5.95 Å². The standard InChI is InChI=1S/C21H20N4OS2/c1-14(2)13-22-20-23-18-17(19(26)25(20)16-11-7-4-8-12-16)28-21(27)24(18)15-9-5-3-6-10-15/h3-12,14H,13H2,1-2H3,(H,22,23). The quantitative estimate of drug-likeness (QED) is 0.470. The van der Waals surface area contributed by atoms with E-state index in [4.69, 9.17) is 17.2 Å². The zero-order valence-corrected chi connectivity index (χ0v) is 17.3. The molecule has 2 heterocycles. The van der Waals surface area contributed by atoms with Crippen LogP contribution < -0.4 is 10.9 Å². The van der Waals surface area contributed by atoms with E-state index in [0.29, 0.717) is 32.7 Å². The Hall–Kier alpha value is -2.77. The fourth-order valence-corrected chi connectivity index (χ4v) is 4.30. The number of benzene rings is 2. The second-order valence-corrected chi connectivity index (χ2v) is 8.52. The van der Waals surface area contributed by atoms with Gasteiger partial charge in [-0.25, -0.2) is 4.57 Å². The van der Waals surface area contributed by atoms with Crippen LogP contribution in [0.25, 0.3) is 21.7 Å². The molecule has 0 aliphatic carbocycles. The summed E-state index contributed by atoms with van der Waals surface area (Å²) in [5.41, 5.74) is 2.15. The summed E-state index contributed by atoms with van der Waals surface area (Å²) in [6.07, 6.45) is 0. The largest absolute Gasteiger partial charge is 0.355 e. The van der Waals surface area contributed by atoms with Crippen molar-refractivity contribution in [1.82, 2.24) is 14.1 Å². The summed E-state index contributed by atoms with van der Waals surface area (Å²) in [5.74, 6) is 0.935. The van der Waals surface area contributed by atoms with E-state index in [1.54, 1.807) is 4.57 Å². The van der Waals surface area contributed by atoms with Crippen LogP contribution in [0.15, 0.2) is 65.5 Å². The maximum absolute atomic E-state index is 13.4. The first-order chi connectivity index (χ1) is 13.6. The number of nitrogens with one attached hydrogen (secondary N) is 1. The van der Waals surface area contributed by atoms with Crippen LogP contribution in [0.2, 0.25) is 0 Å². The number of aromatic nitrogens is 3. The Morgan fingerprint density at radius 2 is 1.57 bits per heavy atom. The molecule has 0 amide bonds. The van der Waals surface area contributed by atoms with Gasteiger partial charge in [0.05, 0.1) is 5.69 Å². The lowest BCUT2D eigenvalue weighted by molar-refractivity contribution is 0.681. The summed E-state index contributed by atoms with van der Waals surface area (Å²) in [6.45, 7) is 4.94. The highest BCUT2D eigenvalue weighted by atomic mass is 32.1. The van der Waals surface area contributed by atoms with E-state index in [0.717, 1.165) is 11.4 Å². The van der Waals surface area contributed by atoms with Crippen molar-refractivity contribution in [3.05, 3.63) is 75.0 Å². The number of anilines is 1. The van der Waals surface area contributed by atoms with Crippen LogP contribution in [0.5, 0.6) is 0 Å². The normalized spacial score (nSPS) is 11.2. The van der Waals surface area contributed by atoms with Crippen molar-refractivity contribution in [1.29, 1.82) is 0 Å². The molecule has 7 heteroatoms. The molecule has 1 N–H and O–H groups in total. The van der Waals surface area contributed by atoms with Gasteiger partial charge >= 0.3 is 0 Å². The number of thiazole rings is 1. The minimum Gasteiger partial charge on any atom is -0.355 e. The first-order valence-electron chi connectivity index (χ1n) is 9.09. The molecule has 4 rings (SSSR count). The molecule has 0 saturated heterocycles. The van der Waals surface area contributed by atoms with E-state index in [1.165, 1.54) is 11.3 Å². The van der Waals surface area contributed by atoms with E-state index >= 15 is 0 Å². The van der Waals surface area contributed by atoms with Crippen LogP contribution in [0, 0.1) is 9.87 Å². The maximum Gasteiger partial charge on any atom is 0.279 e. The van der Waals surface area contributed by atoms with Gasteiger partial charge in [-0.1, -0.05) is 61.6 Å². The lowest BCUT2D eigenvalue weighted by Gasteiger charge is -2.15. The van der Waals surface area contributed by atoms with Gasteiger partial charge < -0.3 is 5.32 Å². The van der Waals surface area contributed by atoms with Crippen LogP contribution in [0.1, 0.15) is 13.8 Å². The maximum atomic E-state index is 13.4. The lowest BCUT2D eigenvalue weighted by Crippen LogP contribution is -2.25. The molecular weight excluding hydrogens is 388 g/mol. The molecule has 0 atom stereocenters. The number of para-hydroxylation sites is 2. The molecule has 0 radical (unpaired) electrons. The molecule has 2 aromatic heterocycles. The van der Waals surface area contributed by atoms with Gasteiger partial charge in [-0.3, -0.25) is 9.36 Å². The molecule has 4 aromatic rings. The Bertz CT molecular complexity index is 1220. The summed E-state index contributed by atoms with van der Waals surface area (Å²) in [6, 6.07) is 19.3. The molecule has 2 aromatic carbocycles. The summed E-state index contributed by atoms with van der Waals surface area (Å²) < 4.78 is 4.65. The van der Waals surface area contributed by atoms with E-state index in [9.17, 15) is 4.79 Å². The Balaban J connectivity index is 2.02. The lowest BCUT2D eigenvalue weighted by atomic mass is 10.2. The summed E-state index contributed by atoms with van der Waals surface area (Å²) in [5, 5.41) is 3.34. The SMILES string of the molecule is CC(C)CNc1nc2c(sc(=S)n2-c2ccccc2)c(=O)n1-c1ccccc1. The number of nitrogens with zero attached hydrogens (tertiary/aromatic N) is 3.